The zero-order chi connectivity index (χ0) is 16.0. The van der Waals surface area contributed by atoms with Crippen molar-refractivity contribution in [1.29, 1.82) is 0 Å². The number of hydrogen-bond donors (Lipinski definition) is 1. The molecule has 0 saturated carbocycles. The standard InChI is InChI=1S/C18H15FN2O2/c19-12-6-4-11(5-7-12)18-15-3-1-2-14(15)16-10-13(21(22)23)8-9-17(16)20-18/h1-2,4-10,14-15,18,20H,3H2/t14-,15-,18-/m0/s1. The summed E-state index contributed by atoms with van der Waals surface area (Å²) in [4.78, 5) is 10.7. The summed E-state index contributed by atoms with van der Waals surface area (Å²) in [6, 6.07) is 11.6. The molecule has 2 aromatic carbocycles. The molecule has 0 aromatic heterocycles. The van der Waals surface area contributed by atoms with Crippen molar-refractivity contribution in [1.82, 2.24) is 0 Å². The molecule has 0 fully saturated rings. The van der Waals surface area contributed by atoms with Gasteiger partial charge in [0.05, 0.1) is 11.0 Å². The molecule has 2 aromatic rings. The first kappa shape index (κ1) is 13.9. The summed E-state index contributed by atoms with van der Waals surface area (Å²) < 4.78 is 13.2. The van der Waals surface area contributed by atoms with Gasteiger partial charge in [0.15, 0.2) is 0 Å². The lowest BCUT2D eigenvalue weighted by molar-refractivity contribution is -0.384. The summed E-state index contributed by atoms with van der Waals surface area (Å²) in [7, 11) is 0. The molecule has 0 unspecified atom stereocenters. The molecule has 5 heteroatoms. The monoisotopic (exact) mass is 310 g/mol. The summed E-state index contributed by atoms with van der Waals surface area (Å²) in [5.74, 6) is 0.192. The number of fused-ring (bicyclic) bond motifs is 3. The van der Waals surface area contributed by atoms with E-state index in [1.807, 2.05) is 0 Å². The minimum Gasteiger partial charge on any atom is -0.378 e. The topological polar surface area (TPSA) is 55.2 Å². The van der Waals surface area contributed by atoms with Gasteiger partial charge in [-0.25, -0.2) is 4.39 Å². The van der Waals surface area contributed by atoms with Crippen LogP contribution in [-0.4, -0.2) is 4.92 Å². The van der Waals surface area contributed by atoms with E-state index in [9.17, 15) is 14.5 Å². The summed E-state index contributed by atoms with van der Waals surface area (Å²) in [5.41, 5.74) is 3.04. The van der Waals surface area contributed by atoms with Gasteiger partial charge in [0.1, 0.15) is 5.82 Å². The van der Waals surface area contributed by atoms with Crippen LogP contribution in [-0.2, 0) is 0 Å². The van der Waals surface area contributed by atoms with Gasteiger partial charge >= 0.3 is 0 Å². The minimum atomic E-state index is -0.361. The average molecular weight is 310 g/mol. The highest BCUT2D eigenvalue weighted by Gasteiger charge is 2.38. The Kier molecular flexibility index (Phi) is 3.15. The van der Waals surface area contributed by atoms with Gasteiger partial charge in [-0.1, -0.05) is 24.3 Å². The van der Waals surface area contributed by atoms with Crippen LogP contribution in [0, 0.1) is 21.8 Å². The van der Waals surface area contributed by atoms with E-state index in [1.54, 1.807) is 24.3 Å². The van der Waals surface area contributed by atoms with Crippen molar-refractivity contribution in [2.75, 3.05) is 5.32 Å². The van der Waals surface area contributed by atoms with Gasteiger partial charge in [0.25, 0.3) is 5.69 Å². The molecule has 116 valence electrons. The van der Waals surface area contributed by atoms with Crippen molar-refractivity contribution in [3.63, 3.8) is 0 Å². The van der Waals surface area contributed by atoms with Crippen LogP contribution in [0.25, 0.3) is 0 Å². The van der Waals surface area contributed by atoms with E-state index in [2.05, 4.69) is 17.5 Å². The van der Waals surface area contributed by atoms with Crippen molar-refractivity contribution in [2.24, 2.45) is 5.92 Å². The first-order valence-corrected chi connectivity index (χ1v) is 7.60. The number of benzene rings is 2. The van der Waals surface area contributed by atoms with E-state index in [-0.39, 0.29) is 34.3 Å². The van der Waals surface area contributed by atoms with Crippen LogP contribution >= 0.6 is 0 Å². The Hall–Kier alpha value is -2.69. The SMILES string of the molecule is O=[N+]([O-])c1ccc2c(c1)[C@H]1C=CC[C@@H]1[C@H](c1ccc(F)cc1)N2. The molecule has 1 aliphatic carbocycles. The molecule has 4 rings (SSSR count). The molecule has 2 aliphatic rings. The summed E-state index contributed by atoms with van der Waals surface area (Å²) in [6.45, 7) is 0. The summed E-state index contributed by atoms with van der Waals surface area (Å²) >= 11 is 0. The molecule has 1 N–H and O–H groups in total. The lowest BCUT2D eigenvalue weighted by atomic mass is 9.77. The van der Waals surface area contributed by atoms with E-state index in [4.69, 9.17) is 0 Å². The first-order valence-electron chi connectivity index (χ1n) is 7.60. The van der Waals surface area contributed by atoms with Gasteiger partial charge < -0.3 is 5.32 Å². The number of rotatable bonds is 2. The number of nitrogens with one attached hydrogen (secondary N) is 1. The molecular formula is C18H15FN2O2. The van der Waals surface area contributed by atoms with Gasteiger partial charge in [-0.15, -0.1) is 0 Å². The fourth-order valence-electron chi connectivity index (χ4n) is 3.70. The number of allylic oxidation sites excluding steroid dienone is 2. The van der Waals surface area contributed by atoms with Crippen LogP contribution in [0.15, 0.2) is 54.6 Å². The third-order valence-corrected chi connectivity index (χ3v) is 4.79. The second kappa shape index (κ2) is 5.19. The molecule has 0 amide bonds. The molecule has 0 radical (unpaired) electrons. The quantitative estimate of drug-likeness (QED) is 0.502. The number of anilines is 1. The summed E-state index contributed by atoms with van der Waals surface area (Å²) in [6.07, 6.45) is 5.16. The highest BCUT2D eigenvalue weighted by Crippen LogP contribution is 2.50. The third kappa shape index (κ3) is 2.29. The number of nitro groups is 1. The molecule has 4 nitrogen and oxygen atoms in total. The third-order valence-electron chi connectivity index (χ3n) is 4.79. The Labute approximate surface area is 132 Å². The summed E-state index contributed by atoms with van der Waals surface area (Å²) in [5, 5.41) is 14.5. The van der Waals surface area contributed by atoms with Gasteiger partial charge in [0.2, 0.25) is 0 Å². The number of nitro benzene ring substituents is 1. The second-order valence-corrected chi connectivity index (χ2v) is 6.06. The molecule has 1 aliphatic heterocycles. The van der Waals surface area contributed by atoms with Crippen LogP contribution in [0.3, 0.4) is 0 Å². The Morgan fingerprint density at radius 3 is 2.70 bits per heavy atom. The number of non-ortho nitro benzene ring substituents is 1. The number of nitrogens with zero attached hydrogens (tertiary/aromatic N) is 1. The molecular weight excluding hydrogens is 295 g/mol. The zero-order valence-electron chi connectivity index (χ0n) is 12.3. The van der Waals surface area contributed by atoms with Crippen LogP contribution in [0.4, 0.5) is 15.8 Å². The lowest BCUT2D eigenvalue weighted by Gasteiger charge is -2.37. The van der Waals surface area contributed by atoms with Crippen molar-refractivity contribution < 1.29 is 9.31 Å². The van der Waals surface area contributed by atoms with Gasteiger partial charge in [-0.3, -0.25) is 10.1 Å². The van der Waals surface area contributed by atoms with Gasteiger partial charge in [-0.05, 0) is 41.7 Å². The Bertz CT molecular complexity index is 801. The average Bonchev–Trinajstić information content (AvgIpc) is 3.04. The predicted octanol–water partition coefficient (Wildman–Crippen LogP) is 4.56. The van der Waals surface area contributed by atoms with Crippen molar-refractivity contribution in [2.45, 2.75) is 18.4 Å². The van der Waals surface area contributed by atoms with Crippen LogP contribution in [0.1, 0.15) is 29.5 Å². The smallest absolute Gasteiger partial charge is 0.269 e. The molecule has 0 spiro atoms. The molecule has 0 bridgehead atoms. The van der Waals surface area contributed by atoms with E-state index in [1.165, 1.54) is 18.2 Å². The maximum Gasteiger partial charge on any atom is 0.269 e. The molecule has 23 heavy (non-hydrogen) atoms. The van der Waals surface area contributed by atoms with Crippen molar-refractivity contribution >= 4 is 11.4 Å². The van der Waals surface area contributed by atoms with Crippen LogP contribution < -0.4 is 5.32 Å². The van der Waals surface area contributed by atoms with E-state index in [0.29, 0.717) is 0 Å². The largest absolute Gasteiger partial charge is 0.378 e. The number of hydrogen-bond acceptors (Lipinski definition) is 3. The Balaban J connectivity index is 1.77. The highest BCUT2D eigenvalue weighted by atomic mass is 19.1. The Morgan fingerprint density at radius 2 is 1.96 bits per heavy atom. The zero-order valence-corrected chi connectivity index (χ0v) is 12.3. The molecule has 3 atom stereocenters. The van der Waals surface area contributed by atoms with Crippen LogP contribution in [0.5, 0.6) is 0 Å². The fraction of sp³-hybridized carbons (Fsp3) is 0.222. The van der Waals surface area contributed by atoms with E-state index >= 15 is 0 Å². The van der Waals surface area contributed by atoms with Crippen molar-refractivity contribution in [3.05, 3.63) is 81.7 Å². The minimum absolute atomic E-state index is 0.0737. The molecule has 0 saturated heterocycles. The molecule has 1 heterocycles. The van der Waals surface area contributed by atoms with Crippen molar-refractivity contribution in [3.8, 4) is 0 Å². The number of halogens is 1. The van der Waals surface area contributed by atoms with Gasteiger partial charge in [0, 0.05) is 23.7 Å². The lowest BCUT2D eigenvalue weighted by Crippen LogP contribution is -2.29. The highest BCUT2D eigenvalue weighted by molar-refractivity contribution is 5.62. The normalized spacial score (nSPS) is 24.7. The first-order chi connectivity index (χ1) is 11.1. The second-order valence-electron chi connectivity index (χ2n) is 6.06. The van der Waals surface area contributed by atoms with Crippen LogP contribution in [0.2, 0.25) is 0 Å². The maximum atomic E-state index is 13.2. The Morgan fingerprint density at radius 1 is 1.17 bits per heavy atom. The van der Waals surface area contributed by atoms with E-state index < -0.39 is 0 Å². The fourth-order valence-corrected chi connectivity index (χ4v) is 3.70. The maximum absolute atomic E-state index is 13.2. The van der Waals surface area contributed by atoms with Gasteiger partial charge in [-0.2, -0.15) is 0 Å². The predicted molar refractivity (Wildman–Crippen MR) is 85.8 cm³/mol. The van der Waals surface area contributed by atoms with E-state index in [0.717, 1.165) is 23.2 Å².